The highest BCUT2D eigenvalue weighted by Gasteiger charge is 2.29. The van der Waals surface area contributed by atoms with Gasteiger partial charge < -0.3 is 14.8 Å². The molecule has 200 valence electrons. The summed E-state index contributed by atoms with van der Waals surface area (Å²) in [6.45, 7) is 1.45. The molecule has 38 heavy (non-hydrogen) atoms. The molecular weight excluding hydrogens is 521 g/mol. The van der Waals surface area contributed by atoms with Crippen molar-refractivity contribution in [3.63, 3.8) is 0 Å². The van der Waals surface area contributed by atoms with Crippen LogP contribution in [0.5, 0.6) is 11.5 Å². The Balaban J connectivity index is 1.81. The van der Waals surface area contributed by atoms with E-state index in [-0.39, 0.29) is 29.7 Å². The van der Waals surface area contributed by atoms with E-state index in [0.29, 0.717) is 17.2 Å². The monoisotopic (exact) mass is 545 g/mol. The fourth-order valence-corrected chi connectivity index (χ4v) is 4.45. The van der Waals surface area contributed by atoms with Crippen LogP contribution in [0.3, 0.4) is 0 Å². The van der Waals surface area contributed by atoms with Gasteiger partial charge in [0, 0.05) is 19.7 Å². The van der Waals surface area contributed by atoms with Gasteiger partial charge in [-0.2, -0.15) is 9.78 Å². The molecule has 14 nitrogen and oxygen atoms in total. The summed E-state index contributed by atoms with van der Waals surface area (Å²) in [6.07, 6.45) is 3.25. The van der Waals surface area contributed by atoms with Crippen molar-refractivity contribution in [3.8, 4) is 28.7 Å². The summed E-state index contributed by atoms with van der Waals surface area (Å²) in [7, 11) is 0.248. The zero-order valence-electron chi connectivity index (χ0n) is 20.8. The molecule has 2 N–H and O–H groups in total. The largest absolute Gasteiger partial charge is 0.494 e. The van der Waals surface area contributed by atoms with E-state index in [1.54, 1.807) is 18.2 Å². The second kappa shape index (κ2) is 10.8. The summed E-state index contributed by atoms with van der Waals surface area (Å²) in [5.41, 5.74) is 0.506. The van der Waals surface area contributed by atoms with Crippen molar-refractivity contribution in [2.45, 2.75) is 18.6 Å². The van der Waals surface area contributed by atoms with Crippen molar-refractivity contribution in [2.24, 2.45) is 0 Å². The summed E-state index contributed by atoms with van der Waals surface area (Å²) < 4.78 is 55.6. The molecule has 3 aromatic heterocycles. The number of rotatable bonds is 9. The number of hydrogen-bond donors (Lipinski definition) is 2. The Morgan fingerprint density at radius 3 is 2.37 bits per heavy atom. The number of sulfonamides is 1. The normalized spacial score (nSPS) is 12.1. The Labute approximate surface area is 216 Å². The number of amides is 1. The molecule has 0 aliphatic heterocycles. The van der Waals surface area contributed by atoms with Crippen LogP contribution in [0.1, 0.15) is 12.7 Å². The Kier molecular flexibility index (Phi) is 7.52. The van der Waals surface area contributed by atoms with E-state index < -0.39 is 27.1 Å². The molecule has 3 heterocycles. The first-order chi connectivity index (χ1) is 18.2. The van der Waals surface area contributed by atoms with E-state index in [9.17, 15) is 17.6 Å². The first-order valence-electron chi connectivity index (χ1n) is 11.1. The maximum atomic E-state index is 13.3. The van der Waals surface area contributed by atoms with Gasteiger partial charge in [0.2, 0.25) is 16.0 Å². The maximum absolute atomic E-state index is 13.3. The van der Waals surface area contributed by atoms with Crippen LogP contribution < -0.4 is 19.5 Å². The number of halogens is 1. The smallest absolute Gasteiger partial charge is 0.341 e. The van der Waals surface area contributed by atoms with Crippen LogP contribution in [0.15, 0.2) is 42.9 Å². The van der Waals surface area contributed by atoms with Gasteiger partial charge in [0.25, 0.3) is 0 Å². The van der Waals surface area contributed by atoms with Crippen LogP contribution >= 0.6 is 0 Å². The molecule has 0 radical (unpaired) electrons. The topological polar surface area (TPSA) is 168 Å². The number of nitrogens with one attached hydrogen (secondary N) is 2. The lowest BCUT2D eigenvalue weighted by Crippen LogP contribution is -2.29. The van der Waals surface area contributed by atoms with Crippen molar-refractivity contribution < 1.29 is 27.1 Å². The molecule has 1 amide bonds. The van der Waals surface area contributed by atoms with Crippen molar-refractivity contribution in [1.29, 1.82) is 0 Å². The van der Waals surface area contributed by atoms with Crippen LogP contribution in [0, 0.1) is 5.82 Å². The minimum Gasteiger partial charge on any atom is -0.494 e. The van der Waals surface area contributed by atoms with Crippen molar-refractivity contribution in [1.82, 2.24) is 39.8 Å². The third kappa shape index (κ3) is 5.24. The molecule has 0 fully saturated rings. The molecule has 0 spiro atoms. The SMILES string of the molecule is CNC(=O)n1ccc(-c2nnc(NS(=O)(=O)[C@H](C)Cc3ncc(F)cn3)n2-c2c(OC)cccc2OC)n1. The fraction of sp³-hybridized carbons (Fsp3) is 0.273. The molecule has 0 saturated heterocycles. The standard InChI is InChI=1S/C22H24FN9O5S/c1-13(10-18-25-11-14(23)12-26-18)38(34,35)30-21-28-27-20(15-8-9-31(29-15)22(33)24-2)32(21)19-16(36-3)6-5-7-17(19)37-4/h5-9,11-13H,10H2,1-4H3,(H,24,33)(H,28,30)/t13-/m1/s1. The number of nitrogens with zero attached hydrogens (tertiary/aromatic N) is 7. The van der Waals surface area contributed by atoms with Crippen LogP contribution in [0.4, 0.5) is 15.1 Å². The minimum absolute atomic E-state index is 0.0921. The van der Waals surface area contributed by atoms with E-state index in [2.05, 4.69) is 35.3 Å². The summed E-state index contributed by atoms with van der Waals surface area (Å²) in [5.74, 6) is 0.0747. The number of methoxy groups -OCH3 is 2. The van der Waals surface area contributed by atoms with Crippen LogP contribution in [0.2, 0.25) is 0 Å². The van der Waals surface area contributed by atoms with Gasteiger partial charge in [-0.3, -0.25) is 9.29 Å². The predicted octanol–water partition coefficient (Wildman–Crippen LogP) is 1.64. The zero-order valence-corrected chi connectivity index (χ0v) is 21.6. The lowest BCUT2D eigenvalue weighted by Gasteiger charge is -2.18. The van der Waals surface area contributed by atoms with Gasteiger partial charge >= 0.3 is 6.03 Å². The first kappa shape index (κ1) is 26.5. The first-order valence-corrected chi connectivity index (χ1v) is 12.7. The van der Waals surface area contributed by atoms with E-state index in [4.69, 9.17) is 9.47 Å². The number of ether oxygens (including phenoxy) is 2. The van der Waals surface area contributed by atoms with Gasteiger partial charge in [-0.25, -0.2) is 27.6 Å². The van der Waals surface area contributed by atoms with E-state index in [1.165, 1.54) is 45.0 Å². The Morgan fingerprint density at radius 2 is 1.76 bits per heavy atom. The number of para-hydroxylation sites is 1. The number of anilines is 1. The molecule has 0 unspecified atom stereocenters. The lowest BCUT2D eigenvalue weighted by atomic mass is 10.2. The van der Waals surface area contributed by atoms with Crippen LogP contribution in [-0.4, -0.2) is 75.5 Å². The summed E-state index contributed by atoms with van der Waals surface area (Å²) >= 11 is 0. The quantitative estimate of drug-likeness (QED) is 0.315. The van der Waals surface area contributed by atoms with Gasteiger partial charge in [-0.1, -0.05) is 6.07 Å². The second-order valence-electron chi connectivity index (χ2n) is 7.87. The molecule has 4 rings (SSSR count). The van der Waals surface area contributed by atoms with Gasteiger partial charge in [0.15, 0.2) is 11.6 Å². The Hall–Kier alpha value is -4.60. The lowest BCUT2D eigenvalue weighted by molar-refractivity contribution is 0.241. The van der Waals surface area contributed by atoms with Gasteiger partial charge in [-0.15, -0.1) is 10.2 Å². The third-order valence-corrected chi connectivity index (χ3v) is 7.13. The van der Waals surface area contributed by atoms with E-state index in [1.807, 2.05) is 0 Å². The van der Waals surface area contributed by atoms with E-state index >= 15 is 0 Å². The molecule has 1 aromatic carbocycles. The highest BCUT2D eigenvalue weighted by molar-refractivity contribution is 7.93. The summed E-state index contributed by atoms with van der Waals surface area (Å²) in [4.78, 5) is 19.7. The molecule has 16 heteroatoms. The van der Waals surface area contributed by atoms with Crippen LogP contribution in [0.25, 0.3) is 17.2 Å². The molecule has 1 atom stereocenters. The molecule has 4 aromatic rings. The maximum Gasteiger partial charge on any atom is 0.341 e. The molecule has 0 bridgehead atoms. The average molecular weight is 546 g/mol. The van der Waals surface area contributed by atoms with Gasteiger partial charge in [-0.05, 0) is 25.1 Å². The number of carbonyl (C=O) groups is 1. The predicted molar refractivity (Wildman–Crippen MR) is 133 cm³/mol. The average Bonchev–Trinajstić information content (AvgIpc) is 3.56. The Morgan fingerprint density at radius 1 is 1.11 bits per heavy atom. The second-order valence-corrected chi connectivity index (χ2v) is 9.97. The highest BCUT2D eigenvalue weighted by Crippen LogP contribution is 2.37. The summed E-state index contributed by atoms with van der Waals surface area (Å²) in [5, 5.41) is 13.9. The number of hydrogen-bond acceptors (Lipinski definition) is 10. The molecular formula is C22H24FN9O5S. The molecule has 0 aliphatic carbocycles. The highest BCUT2D eigenvalue weighted by atomic mass is 32.2. The van der Waals surface area contributed by atoms with Gasteiger partial charge in [0.05, 0.1) is 31.9 Å². The van der Waals surface area contributed by atoms with E-state index in [0.717, 1.165) is 17.1 Å². The minimum atomic E-state index is -4.09. The number of aromatic nitrogens is 7. The molecule has 0 aliphatic rings. The third-order valence-electron chi connectivity index (χ3n) is 5.44. The summed E-state index contributed by atoms with van der Waals surface area (Å²) in [6, 6.07) is 6.02. The van der Waals surface area contributed by atoms with Crippen molar-refractivity contribution in [2.75, 3.05) is 26.0 Å². The Bertz CT molecular complexity index is 1530. The number of benzene rings is 1. The zero-order chi connectivity index (χ0) is 27.4. The van der Waals surface area contributed by atoms with Gasteiger partial charge in [0.1, 0.15) is 28.7 Å². The van der Waals surface area contributed by atoms with Crippen molar-refractivity contribution in [3.05, 3.63) is 54.5 Å². The van der Waals surface area contributed by atoms with Crippen LogP contribution in [-0.2, 0) is 16.4 Å². The molecule has 0 saturated carbocycles. The fourth-order valence-electron chi connectivity index (χ4n) is 3.49. The number of carbonyl (C=O) groups excluding carboxylic acids is 1. The van der Waals surface area contributed by atoms with Crippen molar-refractivity contribution >= 4 is 22.0 Å².